The fourth-order valence-corrected chi connectivity index (χ4v) is 3.90. The fourth-order valence-electron chi connectivity index (χ4n) is 2.42. The molecule has 7 heteroatoms. The van der Waals surface area contributed by atoms with Gasteiger partial charge in [0.05, 0.1) is 18.4 Å². The summed E-state index contributed by atoms with van der Waals surface area (Å²) in [6.45, 7) is 2.30. The summed E-state index contributed by atoms with van der Waals surface area (Å²) in [5.41, 5.74) is -0.0597. The minimum Gasteiger partial charge on any atom is -0.495 e. The molecule has 1 heterocycles. The van der Waals surface area contributed by atoms with Gasteiger partial charge in [0.1, 0.15) is 10.6 Å². The van der Waals surface area contributed by atoms with E-state index < -0.39 is 15.8 Å². The van der Waals surface area contributed by atoms with E-state index in [0.29, 0.717) is 6.54 Å². The number of nitrogens with zero attached hydrogens (tertiary/aromatic N) is 1. The number of carbonyl (C=O) groups is 1. The highest BCUT2D eigenvalue weighted by Gasteiger charge is 2.23. The van der Waals surface area contributed by atoms with Crippen molar-refractivity contribution in [3.05, 3.63) is 23.8 Å². The molecule has 0 spiro atoms. The Balaban J connectivity index is 2.24. The molecule has 116 valence electrons. The van der Waals surface area contributed by atoms with Crippen LogP contribution in [-0.4, -0.2) is 56.9 Å². The second kappa shape index (κ2) is 6.44. The number of carboxylic acid groups (broad SMARTS) is 1. The van der Waals surface area contributed by atoms with E-state index in [2.05, 4.69) is 4.90 Å². The van der Waals surface area contributed by atoms with Gasteiger partial charge in [-0.1, -0.05) is 0 Å². The normalized spacial score (nSPS) is 16.0. The average molecular weight is 313 g/mol. The molecule has 1 aromatic carbocycles. The Morgan fingerprint density at radius 1 is 1.33 bits per heavy atom. The number of ether oxygens (including phenoxy) is 1. The predicted octanol–water partition coefficient (Wildman–Crippen LogP) is 1.26. The number of benzene rings is 1. The van der Waals surface area contributed by atoms with Crippen molar-refractivity contribution >= 4 is 15.8 Å². The highest BCUT2D eigenvalue weighted by atomic mass is 32.2. The number of aromatic carboxylic acids is 1. The van der Waals surface area contributed by atoms with Gasteiger partial charge in [-0.15, -0.1) is 0 Å². The van der Waals surface area contributed by atoms with E-state index in [0.717, 1.165) is 25.9 Å². The molecule has 0 radical (unpaired) electrons. The molecule has 0 aliphatic carbocycles. The third-order valence-corrected chi connectivity index (χ3v) is 5.33. The lowest BCUT2D eigenvalue weighted by Gasteiger charge is -2.15. The van der Waals surface area contributed by atoms with Crippen molar-refractivity contribution in [2.75, 3.05) is 32.5 Å². The first-order valence-corrected chi connectivity index (χ1v) is 8.46. The maximum atomic E-state index is 12.4. The SMILES string of the molecule is COc1ccc(C(=O)O)cc1S(=O)(=O)CCN1CCCC1. The van der Waals surface area contributed by atoms with Gasteiger partial charge in [0.2, 0.25) is 0 Å². The summed E-state index contributed by atoms with van der Waals surface area (Å²) >= 11 is 0. The Morgan fingerprint density at radius 3 is 2.57 bits per heavy atom. The molecular formula is C14H19NO5S. The van der Waals surface area contributed by atoms with Crippen molar-refractivity contribution < 1.29 is 23.1 Å². The second-order valence-electron chi connectivity index (χ2n) is 5.04. The number of sulfone groups is 1. The molecule has 0 aromatic heterocycles. The molecule has 1 aromatic rings. The van der Waals surface area contributed by atoms with Crippen LogP contribution in [0.4, 0.5) is 0 Å². The smallest absolute Gasteiger partial charge is 0.335 e. The van der Waals surface area contributed by atoms with Crippen molar-refractivity contribution in [2.24, 2.45) is 0 Å². The number of rotatable bonds is 6. The summed E-state index contributed by atoms with van der Waals surface area (Å²) in [4.78, 5) is 13.1. The van der Waals surface area contributed by atoms with Crippen molar-refractivity contribution in [1.29, 1.82) is 0 Å². The van der Waals surface area contributed by atoms with Crippen LogP contribution >= 0.6 is 0 Å². The Bertz CT molecular complexity index is 620. The molecule has 0 atom stereocenters. The Morgan fingerprint density at radius 2 is 2.00 bits per heavy atom. The van der Waals surface area contributed by atoms with Crippen molar-refractivity contribution in [1.82, 2.24) is 4.90 Å². The highest BCUT2D eigenvalue weighted by Crippen LogP contribution is 2.26. The lowest BCUT2D eigenvalue weighted by molar-refractivity contribution is 0.0696. The predicted molar refractivity (Wildman–Crippen MR) is 77.7 cm³/mol. The van der Waals surface area contributed by atoms with Crippen LogP contribution in [0.5, 0.6) is 5.75 Å². The molecule has 0 unspecified atom stereocenters. The van der Waals surface area contributed by atoms with Gasteiger partial charge in [-0.2, -0.15) is 0 Å². The first-order chi connectivity index (χ1) is 9.94. The Labute approximate surface area is 124 Å². The molecule has 0 saturated carbocycles. The molecule has 1 aliphatic rings. The minimum absolute atomic E-state index is 0.0353. The van der Waals surface area contributed by atoms with Gasteiger partial charge in [0.25, 0.3) is 0 Å². The van der Waals surface area contributed by atoms with Gasteiger partial charge < -0.3 is 14.7 Å². The van der Waals surface area contributed by atoms with Crippen LogP contribution in [-0.2, 0) is 9.84 Å². The van der Waals surface area contributed by atoms with Gasteiger partial charge in [-0.25, -0.2) is 13.2 Å². The molecule has 1 N–H and O–H groups in total. The van der Waals surface area contributed by atoms with Gasteiger partial charge in [-0.05, 0) is 44.1 Å². The largest absolute Gasteiger partial charge is 0.495 e. The van der Waals surface area contributed by atoms with Crippen LogP contribution in [0.15, 0.2) is 23.1 Å². The zero-order chi connectivity index (χ0) is 15.5. The topological polar surface area (TPSA) is 83.9 Å². The van der Waals surface area contributed by atoms with Gasteiger partial charge in [-0.3, -0.25) is 0 Å². The van der Waals surface area contributed by atoms with Gasteiger partial charge in [0.15, 0.2) is 9.84 Å². The Kier molecular flexibility index (Phi) is 4.84. The van der Waals surface area contributed by atoms with Crippen LogP contribution < -0.4 is 4.74 Å². The number of hydrogen-bond donors (Lipinski definition) is 1. The molecule has 0 bridgehead atoms. The monoisotopic (exact) mass is 313 g/mol. The van der Waals surface area contributed by atoms with Crippen molar-refractivity contribution in [3.63, 3.8) is 0 Å². The maximum Gasteiger partial charge on any atom is 0.335 e. The van der Waals surface area contributed by atoms with Crippen molar-refractivity contribution in [3.8, 4) is 5.75 Å². The lowest BCUT2D eigenvalue weighted by atomic mass is 10.2. The van der Waals surface area contributed by atoms with E-state index >= 15 is 0 Å². The van der Waals surface area contributed by atoms with Crippen LogP contribution in [0.1, 0.15) is 23.2 Å². The number of hydrogen-bond acceptors (Lipinski definition) is 5. The van der Waals surface area contributed by atoms with Crippen molar-refractivity contribution in [2.45, 2.75) is 17.7 Å². The number of likely N-dealkylation sites (tertiary alicyclic amines) is 1. The number of methoxy groups -OCH3 is 1. The quantitative estimate of drug-likeness (QED) is 0.851. The average Bonchev–Trinajstić information content (AvgIpc) is 2.98. The van der Waals surface area contributed by atoms with E-state index in [4.69, 9.17) is 9.84 Å². The van der Waals surface area contributed by atoms with E-state index in [1.807, 2.05) is 0 Å². The van der Waals surface area contributed by atoms with E-state index in [9.17, 15) is 13.2 Å². The second-order valence-corrected chi connectivity index (χ2v) is 7.12. The lowest BCUT2D eigenvalue weighted by Crippen LogP contribution is -2.26. The molecule has 1 aliphatic heterocycles. The summed E-state index contributed by atoms with van der Waals surface area (Å²) in [5, 5.41) is 9.00. The summed E-state index contributed by atoms with van der Waals surface area (Å²) < 4.78 is 29.9. The first-order valence-electron chi connectivity index (χ1n) is 6.80. The Hall–Kier alpha value is -1.60. The molecule has 6 nitrogen and oxygen atoms in total. The maximum absolute atomic E-state index is 12.4. The molecule has 1 saturated heterocycles. The van der Waals surface area contributed by atoms with Crippen LogP contribution in [0.3, 0.4) is 0 Å². The van der Waals surface area contributed by atoms with E-state index in [1.54, 1.807) is 0 Å². The summed E-state index contributed by atoms with van der Waals surface area (Å²) in [6, 6.07) is 3.88. The first kappa shape index (κ1) is 15.8. The van der Waals surface area contributed by atoms with Gasteiger partial charge in [0, 0.05) is 6.54 Å². The van der Waals surface area contributed by atoms with Crippen LogP contribution in [0.25, 0.3) is 0 Å². The number of carboxylic acids is 1. The third kappa shape index (κ3) is 3.74. The third-order valence-electron chi connectivity index (χ3n) is 3.62. The van der Waals surface area contributed by atoms with E-state index in [1.165, 1.54) is 25.3 Å². The standard InChI is InChI=1S/C14H19NO5S/c1-20-12-5-4-11(14(16)17)10-13(12)21(18,19)9-8-15-6-2-3-7-15/h4-5,10H,2-3,6-9H2,1H3,(H,16,17). The molecule has 2 rings (SSSR count). The summed E-state index contributed by atoms with van der Waals surface area (Å²) in [6.07, 6.45) is 2.19. The van der Waals surface area contributed by atoms with E-state index in [-0.39, 0.29) is 22.0 Å². The fraction of sp³-hybridized carbons (Fsp3) is 0.500. The molecular weight excluding hydrogens is 294 g/mol. The summed E-state index contributed by atoms with van der Waals surface area (Å²) in [7, 11) is -2.21. The summed E-state index contributed by atoms with van der Waals surface area (Å²) in [5.74, 6) is -1.01. The molecule has 1 fully saturated rings. The van der Waals surface area contributed by atoms with Gasteiger partial charge >= 0.3 is 5.97 Å². The minimum atomic E-state index is -3.58. The van der Waals surface area contributed by atoms with Crippen LogP contribution in [0, 0.1) is 0 Å². The highest BCUT2D eigenvalue weighted by molar-refractivity contribution is 7.91. The zero-order valence-electron chi connectivity index (χ0n) is 11.9. The molecule has 21 heavy (non-hydrogen) atoms. The zero-order valence-corrected chi connectivity index (χ0v) is 12.7. The molecule has 0 amide bonds. The van der Waals surface area contributed by atoms with Crippen LogP contribution in [0.2, 0.25) is 0 Å².